The summed E-state index contributed by atoms with van der Waals surface area (Å²) in [6.07, 6.45) is 5.39. The quantitative estimate of drug-likeness (QED) is 0.627. The maximum atomic E-state index is 13.2. The maximum absolute atomic E-state index is 13.2. The summed E-state index contributed by atoms with van der Waals surface area (Å²) in [6.45, 7) is 2.24. The standard InChI is InChI=1S/C18H18ClIN2O/c1-10-5-8-13-15(9-10)22(21-17(13)20)18(23)16-12(11-6-7-11)3-2-4-14(16)19/h2-4,10-11H,5-9H2,1H3. The van der Waals surface area contributed by atoms with Crippen LogP contribution in [0.5, 0.6) is 0 Å². The molecule has 2 aromatic rings. The SMILES string of the molecule is CC1CCc2c(I)nn(C(=O)c3c(Cl)cccc3C3CC3)c2C1. The molecular formula is C18H18ClIN2O. The second-order valence-electron chi connectivity index (χ2n) is 6.76. The zero-order valence-corrected chi connectivity index (χ0v) is 15.9. The van der Waals surface area contributed by atoms with Crippen molar-refractivity contribution in [3.8, 4) is 0 Å². The van der Waals surface area contributed by atoms with Crippen LogP contribution in [0.15, 0.2) is 18.2 Å². The molecule has 1 unspecified atom stereocenters. The number of carbonyl (C=O) groups is 1. The summed E-state index contributed by atoms with van der Waals surface area (Å²) in [7, 11) is 0. The van der Waals surface area contributed by atoms with Gasteiger partial charge in [-0.2, -0.15) is 9.78 Å². The molecule has 1 saturated carbocycles. The van der Waals surface area contributed by atoms with Gasteiger partial charge in [0.25, 0.3) is 5.91 Å². The highest BCUT2D eigenvalue weighted by Crippen LogP contribution is 2.43. The van der Waals surface area contributed by atoms with E-state index in [2.05, 4.69) is 34.6 Å². The Labute approximate surface area is 154 Å². The van der Waals surface area contributed by atoms with Crippen molar-refractivity contribution in [3.05, 3.63) is 49.3 Å². The summed E-state index contributed by atoms with van der Waals surface area (Å²) < 4.78 is 2.58. The minimum Gasteiger partial charge on any atom is -0.267 e. The summed E-state index contributed by atoms with van der Waals surface area (Å²) in [5.74, 6) is 1.01. The molecule has 1 heterocycles. The van der Waals surface area contributed by atoms with Gasteiger partial charge in [-0.05, 0) is 78.2 Å². The molecule has 2 aliphatic rings. The Morgan fingerprint density at radius 2 is 2.13 bits per heavy atom. The fourth-order valence-corrected chi connectivity index (χ4v) is 4.57. The monoisotopic (exact) mass is 440 g/mol. The zero-order chi connectivity index (χ0) is 16.1. The third-order valence-electron chi connectivity index (χ3n) is 4.94. The van der Waals surface area contributed by atoms with Crippen LogP contribution in [0.1, 0.15) is 59.3 Å². The number of aromatic nitrogens is 2. The molecule has 0 aliphatic heterocycles. The predicted molar refractivity (Wildman–Crippen MR) is 99.3 cm³/mol. The number of nitrogens with zero attached hydrogens (tertiary/aromatic N) is 2. The van der Waals surface area contributed by atoms with E-state index in [9.17, 15) is 4.79 Å². The van der Waals surface area contributed by atoms with E-state index in [0.29, 0.717) is 22.4 Å². The largest absolute Gasteiger partial charge is 0.280 e. The number of hydrogen-bond acceptors (Lipinski definition) is 2. The van der Waals surface area contributed by atoms with Crippen molar-refractivity contribution >= 4 is 40.1 Å². The number of hydrogen-bond donors (Lipinski definition) is 0. The van der Waals surface area contributed by atoms with E-state index in [4.69, 9.17) is 11.6 Å². The summed E-state index contributed by atoms with van der Waals surface area (Å²) in [4.78, 5) is 13.2. The molecule has 0 N–H and O–H groups in total. The summed E-state index contributed by atoms with van der Waals surface area (Å²) >= 11 is 8.65. The van der Waals surface area contributed by atoms with Gasteiger partial charge in [0, 0.05) is 5.56 Å². The lowest BCUT2D eigenvalue weighted by Gasteiger charge is -2.20. The highest BCUT2D eigenvalue weighted by atomic mass is 127. The molecule has 1 fully saturated rings. The molecule has 0 radical (unpaired) electrons. The molecule has 2 aliphatic carbocycles. The highest BCUT2D eigenvalue weighted by Gasteiger charge is 2.32. The van der Waals surface area contributed by atoms with Gasteiger partial charge in [0.05, 0.1) is 16.3 Å². The molecule has 120 valence electrons. The Bertz CT molecular complexity index is 795. The van der Waals surface area contributed by atoms with Crippen LogP contribution in [0.25, 0.3) is 0 Å². The molecule has 0 spiro atoms. The lowest BCUT2D eigenvalue weighted by molar-refractivity contribution is 0.0939. The van der Waals surface area contributed by atoms with Crippen molar-refractivity contribution in [3.63, 3.8) is 0 Å². The topological polar surface area (TPSA) is 34.9 Å². The van der Waals surface area contributed by atoms with Crippen molar-refractivity contribution in [2.75, 3.05) is 0 Å². The Balaban J connectivity index is 1.82. The lowest BCUT2D eigenvalue weighted by atomic mass is 9.89. The zero-order valence-electron chi connectivity index (χ0n) is 13.0. The van der Waals surface area contributed by atoms with Gasteiger partial charge in [0.2, 0.25) is 0 Å². The molecule has 0 bridgehead atoms. The number of fused-ring (bicyclic) bond motifs is 1. The minimum absolute atomic E-state index is 0.0641. The van der Waals surface area contributed by atoms with E-state index >= 15 is 0 Å². The molecule has 23 heavy (non-hydrogen) atoms. The first-order valence-corrected chi connectivity index (χ1v) is 9.61. The first kappa shape index (κ1) is 15.6. The average Bonchev–Trinajstić information content (AvgIpc) is 3.31. The van der Waals surface area contributed by atoms with Gasteiger partial charge >= 0.3 is 0 Å². The molecule has 0 amide bonds. The molecule has 1 aromatic heterocycles. The van der Waals surface area contributed by atoms with Crippen LogP contribution in [0.3, 0.4) is 0 Å². The molecule has 1 atom stereocenters. The molecular weight excluding hydrogens is 423 g/mol. The number of rotatable bonds is 2. The van der Waals surface area contributed by atoms with E-state index in [-0.39, 0.29) is 5.91 Å². The van der Waals surface area contributed by atoms with Crippen LogP contribution in [0.2, 0.25) is 5.02 Å². The molecule has 4 rings (SSSR count). The third-order valence-corrected chi connectivity index (χ3v) is 6.12. The van der Waals surface area contributed by atoms with E-state index in [1.54, 1.807) is 4.68 Å². The molecule has 0 saturated heterocycles. The van der Waals surface area contributed by atoms with Gasteiger partial charge in [-0.25, -0.2) is 0 Å². The fraction of sp³-hybridized carbons (Fsp3) is 0.444. The highest BCUT2D eigenvalue weighted by molar-refractivity contribution is 14.1. The van der Waals surface area contributed by atoms with Gasteiger partial charge < -0.3 is 0 Å². The van der Waals surface area contributed by atoms with Gasteiger partial charge in [0.15, 0.2) is 0 Å². The minimum atomic E-state index is -0.0641. The normalized spacial score (nSPS) is 20.4. The summed E-state index contributed by atoms with van der Waals surface area (Å²) in [5, 5.41) is 5.10. The van der Waals surface area contributed by atoms with Crippen molar-refractivity contribution < 1.29 is 4.79 Å². The van der Waals surface area contributed by atoms with Gasteiger partial charge in [-0.3, -0.25) is 4.79 Å². The van der Waals surface area contributed by atoms with Crippen LogP contribution in [-0.4, -0.2) is 15.7 Å². The summed E-state index contributed by atoms with van der Waals surface area (Å²) in [6, 6.07) is 5.79. The van der Waals surface area contributed by atoms with Gasteiger partial charge in [-0.1, -0.05) is 30.7 Å². The van der Waals surface area contributed by atoms with Crippen LogP contribution in [0.4, 0.5) is 0 Å². The van der Waals surface area contributed by atoms with E-state index in [0.717, 1.165) is 40.6 Å². The third kappa shape index (κ3) is 2.74. The van der Waals surface area contributed by atoms with Crippen LogP contribution >= 0.6 is 34.2 Å². The Morgan fingerprint density at radius 3 is 2.87 bits per heavy atom. The van der Waals surface area contributed by atoms with Gasteiger partial charge in [0.1, 0.15) is 3.70 Å². The number of carbonyl (C=O) groups excluding carboxylic acids is 1. The van der Waals surface area contributed by atoms with Crippen molar-refractivity contribution in [2.45, 2.75) is 44.9 Å². The smallest absolute Gasteiger partial charge is 0.267 e. The Kier molecular flexibility index (Phi) is 4.00. The van der Waals surface area contributed by atoms with Crippen LogP contribution < -0.4 is 0 Å². The molecule has 5 heteroatoms. The fourth-order valence-electron chi connectivity index (χ4n) is 3.51. The average molecular weight is 441 g/mol. The van der Waals surface area contributed by atoms with Crippen molar-refractivity contribution in [1.29, 1.82) is 0 Å². The molecule has 1 aromatic carbocycles. The second-order valence-corrected chi connectivity index (χ2v) is 8.19. The number of benzene rings is 1. The van der Waals surface area contributed by atoms with E-state index in [1.165, 1.54) is 12.0 Å². The van der Waals surface area contributed by atoms with Crippen LogP contribution in [-0.2, 0) is 12.8 Å². The predicted octanol–water partition coefficient (Wildman–Crippen LogP) is 4.83. The first-order valence-electron chi connectivity index (χ1n) is 8.15. The molecule has 3 nitrogen and oxygen atoms in total. The Hall–Kier alpha value is -0.880. The first-order chi connectivity index (χ1) is 11.1. The summed E-state index contributed by atoms with van der Waals surface area (Å²) in [5.41, 5.74) is 4.07. The van der Waals surface area contributed by atoms with E-state index < -0.39 is 0 Å². The van der Waals surface area contributed by atoms with E-state index in [1.807, 2.05) is 18.2 Å². The van der Waals surface area contributed by atoms with Crippen LogP contribution in [0, 0.1) is 9.62 Å². The van der Waals surface area contributed by atoms with Crippen molar-refractivity contribution in [1.82, 2.24) is 9.78 Å². The number of halogens is 2. The Morgan fingerprint density at radius 1 is 1.35 bits per heavy atom. The van der Waals surface area contributed by atoms with Gasteiger partial charge in [-0.15, -0.1) is 0 Å². The maximum Gasteiger partial charge on any atom is 0.280 e. The lowest BCUT2D eigenvalue weighted by Crippen LogP contribution is -2.22. The second kappa shape index (κ2) is 5.88. The van der Waals surface area contributed by atoms with Crippen molar-refractivity contribution in [2.24, 2.45) is 5.92 Å².